The molecule has 0 saturated carbocycles. The lowest BCUT2D eigenvalue weighted by atomic mass is 10.0. The molecule has 0 saturated heterocycles. The third-order valence-electron chi connectivity index (χ3n) is 3.86. The number of hydrogen-bond donors (Lipinski definition) is 2. The zero-order valence-corrected chi connectivity index (χ0v) is 14.9. The summed E-state index contributed by atoms with van der Waals surface area (Å²) >= 11 is 0. The van der Waals surface area contributed by atoms with Gasteiger partial charge in [-0.2, -0.15) is 0 Å². The van der Waals surface area contributed by atoms with Gasteiger partial charge in [0.1, 0.15) is 9.84 Å². The molecule has 2 aromatic carbocycles. The normalized spacial score (nSPS) is 12.8. The van der Waals surface area contributed by atoms with Crippen LogP contribution in [0.1, 0.15) is 18.9 Å². The number of carbonyl (C=O) groups is 1. The summed E-state index contributed by atoms with van der Waals surface area (Å²) < 4.78 is 22.3. The van der Waals surface area contributed by atoms with Crippen molar-refractivity contribution in [1.82, 2.24) is 10.6 Å². The van der Waals surface area contributed by atoms with Gasteiger partial charge in [0.15, 0.2) is 0 Å². The van der Waals surface area contributed by atoms with Crippen LogP contribution in [0.15, 0.2) is 42.5 Å². The number of urea groups is 1. The van der Waals surface area contributed by atoms with E-state index in [-0.39, 0.29) is 17.8 Å². The predicted octanol–water partition coefficient (Wildman–Crippen LogP) is 2.50. The Morgan fingerprint density at radius 3 is 2.58 bits per heavy atom. The molecule has 0 fully saturated rings. The van der Waals surface area contributed by atoms with E-state index >= 15 is 0 Å². The predicted molar refractivity (Wildman–Crippen MR) is 98.0 cm³/mol. The monoisotopic (exact) mass is 348 g/mol. The third kappa shape index (κ3) is 5.85. The number of hydrogen-bond acceptors (Lipinski definition) is 3. The van der Waals surface area contributed by atoms with Crippen LogP contribution in [0.4, 0.5) is 4.79 Å². The second kappa shape index (κ2) is 8.15. The highest BCUT2D eigenvalue weighted by Crippen LogP contribution is 2.18. The van der Waals surface area contributed by atoms with Crippen molar-refractivity contribution in [3.63, 3.8) is 0 Å². The van der Waals surface area contributed by atoms with Crippen molar-refractivity contribution >= 4 is 26.6 Å². The lowest BCUT2D eigenvalue weighted by Crippen LogP contribution is -2.42. The van der Waals surface area contributed by atoms with Crippen molar-refractivity contribution in [2.45, 2.75) is 25.8 Å². The van der Waals surface area contributed by atoms with Crippen LogP contribution in [0.2, 0.25) is 0 Å². The van der Waals surface area contributed by atoms with Crippen molar-refractivity contribution in [2.75, 3.05) is 18.6 Å². The largest absolute Gasteiger partial charge is 0.338 e. The van der Waals surface area contributed by atoms with Crippen LogP contribution in [-0.2, 0) is 16.3 Å². The van der Waals surface area contributed by atoms with Gasteiger partial charge >= 0.3 is 6.03 Å². The molecular formula is C18H24N2O3S. The summed E-state index contributed by atoms with van der Waals surface area (Å²) in [7, 11) is -3.00. The fraction of sp³-hybridized carbons (Fsp3) is 0.389. The average molecular weight is 348 g/mol. The second-order valence-electron chi connectivity index (χ2n) is 6.11. The van der Waals surface area contributed by atoms with E-state index in [0.717, 1.165) is 6.42 Å². The van der Waals surface area contributed by atoms with Gasteiger partial charge in [-0.25, -0.2) is 13.2 Å². The zero-order valence-electron chi connectivity index (χ0n) is 14.1. The molecule has 0 aromatic heterocycles. The van der Waals surface area contributed by atoms with Crippen molar-refractivity contribution in [1.29, 1.82) is 0 Å². The summed E-state index contributed by atoms with van der Waals surface area (Å²) in [6, 6.07) is 13.9. The molecule has 0 heterocycles. The maximum absolute atomic E-state index is 11.9. The molecule has 130 valence electrons. The Hall–Kier alpha value is -2.08. The van der Waals surface area contributed by atoms with E-state index in [2.05, 4.69) is 34.9 Å². The molecule has 0 aliphatic heterocycles. The zero-order chi connectivity index (χ0) is 17.6. The smallest absolute Gasteiger partial charge is 0.315 e. The fourth-order valence-corrected chi connectivity index (χ4v) is 3.34. The first-order valence-electron chi connectivity index (χ1n) is 8.04. The molecular weight excluding hydrogens is 324 g/mol. The number of carbonyl (C=O) groups excluding carboxylic acids is 1. The maximum atomic E-state index is 11.9. The van der Waals surface area contributed by atoms with Gasteiger partial charge < -0.3 is 10.6 Å². The summed E-state index contributed by atoms with van der Waals surface area (Å²) in [6.45, 7) is 2.33. The Kier molecular flexibility index (Phi) is 6.20. The van der Waals surface area contributed by atoms with Crippen molar-refractivity contribution in [2.24, 2.45) is 0 Å². The van der Waals surface area contributed by atoms with Crippen LogP contribution < -0.4 is 10.6 Å². The molecule has 24 heavy (non-hydrogen) atoms. The first kappa shape index (κ1) is 18.3. The van der Waals surface area contributed by atoms with Gasteiger partial charge in [-0.3, -0.25) is 0 Å². The standard InChI is InChI=1S/C18H24N2O3S/c1-14(11-13-24(2,22)23)20-18(21)19-12-10-16-8-5-7-15-6-3-4-9-17(15)16/h3-9,14H,10-13H2,1-2H3,(H2,19,20,21)/t14-/m0/s1. The lowest BCUT2D eigenvalue weighted by Gasteiger charge is -2.14. The van der Waals surface area contributed by atoms with Crippen LogP contribution >= 0.6 is 0 Å². The number of sulfone groups is 1. The highest BCUT2D eigenvalue weighted by molar-refractivity contribution is 7.90. The van der Waals surface area contributed by atoms with E-state index in [1.807, 2.05) is 18.2 Å². The van der Waals surface area contributed by atoms with E-state index in [4.69, 9.17) is 0 Å². The van der Waals surface area contributed by atoms with Gasteiger partial charge in [-0.15, -0.1) is 0 Å². The Balaban J connectivity index is 1.80. The molecule has 0 bridgehead atoms. The number of benzene rings is 2. The minimum Gasteiger partial charge on any atom is -0.338 e. The van der Waals surface area contributed by atoms with Gasteiger partial charge in [0, 0.05) is 18.8 Å². The minimum absolute atomic E-state index is 0.0739. The molecule has 0 unspecified atom stereocenters. The summed E-state index contributed by atoms with van der Waals surface area (Å²) in [5, 5.41) is 7.97. The summed E-state index contributed by atoms with van der Waals surface area (Å²) in [6.07, 6.45) is 2.35. The molecule has 2 amide bonds. The van der Waals surface area contributed by atoms with E-state index in [1.165, 1.54) is 22.6 Å². The molecule has 5 nitrogen and oxygen atoms in total. The second-order valence-corrected chi connectivity index (χ2v) is 8.37. The van der Waals surface area contributed by atoms with Gasteiger partial charge in [0.25, 0.3) is 0 Å². The number of amides is 2. The highest BCUT2D eigenvalue weighted by atomic mass is 32.2. The summed E-state index contributed by atoms with van der Waals surface area (Å²) in [4.78, 5) is 11.9. The van der Waals surface area contributed by atoms with Crippen molar-refractivity contribution in [3.8, 4) is 0 Å². The topological polar surface area (TPSA) is 75.3 Å². The minimum atomic E-state index is -3.00. The molecule has 0 aliphatic carbocycles. The van der Waals surface area contributed by atoms with E-state index < -0.39 is 9.84 Å². The number of nitrogens with one attached hydrogen (secondary N) is 2. The van der Waals surface area contributed by atoms with Crippen LogP contribution in [0.5, 0.6) is 0 Å². The molecule has 1 atom stereocenters. The molecule has 6 heteroatoms. The van der Waals surface area contributed by atoms with E-state index in [1.54, 1.807) is 6.92 Å². The fourth-order valence-electron chi connectivity index (χ4n) is 2.56. The quantitative estimate of drug-likeness (QED) is 0.807. The summed E-state index contributed by atoms with van der Waals surface area (Å²) in [5.74, 6) is 0.0739. The SMILES string of the molecule is C[C@@H](CCS(C)(=O)=O)NC(=O)NCCc1cccc2ccccc12. The molecule has 2 rings (SSSR count). The summed E-state index contributed by atoms with van der Waals surface area (Å²) in [5.41, 5.74) is 1.19. The van der Waals surface area contributed by atoms with Gasteiger partial charge in [0.05, 0.1) is 5.75 Å². The van der Waals surface area contributed by atoms with Gasteiger partial charge in [-0.1, -0.05) is 42.5 Å². The molecule has 2 N–H and O–H groups in total. The lowest BCUT2D eigenvalue weighted by molar-refractivity contribution is 0.237. The Morgan fingerprint density at radius 1 is 1.12 bits per heavy atom. The van der Waals surface area contributed by atoms with Crippen LogP contribution in [0.25, 0.3) is 10.8 Å². The molecule has 0 aliphatic rings. The van der Waals surface area contributed by atoms with Crippen molar-refractivity contribution in [3.05, 3.63) is 48.0 Å². The van der Waals surface area contributed by atoms with Crippen molar-refractivity contribution < 1.29 is 13.2 Å². The highest BCUT2D eigenvalue weighted by Gasteiger charge is 2.10. The first-order chi connectivity index (χ1) is 11.3. The van der Waals surface area contributed by atoms with E-state index in [0.29, 0.717) is 13.0 Å². The third-order valence-corrected chi connectivity index (χ3v) is 4.84. The maximum Gasteiger partial charge on any atom is 0.315 e. The molecule has 0 radical (unpaired) electrons. The van der Waals surface area contributed by atoms with Crippen LogP contribution in [-0.4, -0.2) is 39.0 Å². The molecule has 0 spiro atoms. The Bertz CT molecular complexity index is 798. The van der Waals surface area contributed by atoms with Gasteiger partial charge in [-0.05, 0) is 36.1 Å². The van der Waals surface area contributed by atoms with Gasteiger partial charge in [0.2, 0.25) is 0 Å². The number of rotatable bonds is 7. The van der Waals surface area contributed by atoms with Crippen LogP contribution in [0.3, 0.4) is 0 Å². The number of fused-ring (bicyclic) bond motifs is 1. The Labute approximate surface area is 143 Å². The average Bonchev–Trinajstić information content (AvgIpc) is 2.52. The molecule has 2 aromatic rings. The van der Waals surface area contributed by atoms with E-state index in [9.17, 15) is 13.2 Å². The Morgan fingerprint density at radius 2 is 1.83 bits per heavy atom. The first-order valence-corrected chi connectivity index (χ1v) is 10.1. The van der Waals surface area contributed by atoms with Crippen LogP contribution in [0, 0.1) is 0 Å².